The van der Waals surface area contributed by atoms with Crippen LogP contribution in [0.4, 0.5) is 0 Å². The summed E-state index contributed by atoms with van der Waals surface area (Å²) in [6, 6.07) is 0. The molecule has 1 N–H and O–H groups in total. The first-order valence-corrected chi connectivity index (χ1v) is 6.40. The van der Waals surface area contributed by atoms with E-state index in [-0.39, 0.29) is 11.8 Å². The van der Waals surface area contributed by atoms with E-state index in [1.54, 1.807) is 17.5 Å². The van der Waals surface area contributed by atoms with Gasteiger partial charge in [0.1, 0.15) is 0 Å². The fraction of sp³-hybridized carbons (Fsp3) is 0.455. The highest BCUT2D eigenvalue weighted by Crippen LogP contribution is 2.26. The molecule has 1 aliphatic rings. The maximum absolute atomic E-state index is 11.7. The molecule has 84 valence electrons. The van der Waals surface area contributed by atoms with E-state index < -0.39 is 0 Å². The van der Waals surface area contributed by atoms with Crippen molar-refractivity contribution in [1.82, 2.24) is 14.7 Å². The number of fused-ring (bicyclic) bond motifs is 1. The van der Waals surface area contributed by atoms with Crippen LogP contribution in [0, 0.1) is 5.92 Å². The van der Waals surface area contributed by atoms with E-state index in [1.165, 1.54) is 6.42 Å². The Labute approximate surface area is 97.3 Å². The fourth-order valence-electron chi connectivity index (χ4n) is 1.89. The molecule has 2 aromatic heterocycles. The molecule has 0 atom stereocenters. The fourth-order valence-corrected chi connectivity index (χ4v) is 2.74. The minimum atomic E-state index is 0.200. The van der Waals surface area contributed by atoms with E-state index in [2.05, 4.69) is 10.3 Å². The van der Waals surface area contributed by atoms with Crippen molar-refractivity contribution < 1.29 is 4.79 Å². The first-order valence-electron chi connectivity index (χ1n) is 5.52. The van der Waals surface area contributed by atoms with Gasteiger partial charge in [-0.05, 0) is 12.8 Å². The van der Waals surface area contributed by atoms with Gasteiger partial charge in [0.15, 0.2) is 4.96 Å². The monoisotopic (exact) mass is 235 g/mol. The van der Waals surface area contributed by atoms with Crippen molar-refractivity contribution in [2.75, 3.05) is 0 Å². The van der Waals surface area contributed by atoms with Crippen LogP contribution in [0.2, 0.25) is 0 Å². The quantitative estimate of drug-likeness (QED) is 0.882. The van der Waals surface area contributed by atoms with Crippen LogP contribution in [-0.4, -0.2) is 15.3 Å². The lowest BCUT2D eigenvalue weighted by atomic mass is 9.85. The second-order valence-corrected chi connectivity index (χ2v) is 4.99. The second-order valence-electron chi connectivity index (χ2n) is 4.15. The standard InChI is InChI=1S/C11H13N3OS/c15-10(8-2-1-3-8)13-6-9-7-16-11-12-4-5-14(9)11/h4-5,7-8H,1-3,6H2,(H,13,15). The number of hydrogen-bond acceptors (Lipinski definition) is 3. The molecule has 0 radical (unpaired) electrons. The Morgan fingerprint density at radius 3 is 3.25 bits per heavy atom. The second kappa shape index (κ2) is 3.90. The Balaban J connectivity index is 1.66. The van der Waals surface area contributed by atoms with Gasteiger partial charge < -0.3 is 5.32 Å². The maximum Gasteiger partial charge on any atom is 0.223 e. The lowest BCUT2D eigenvalue weighted by Crippen LogP contribution is -2.34. The third-order valence-electron chi connectivity index (χ3n) is 3.14. The van der Waals surface area contributed by atoms with Gasteiger partial charge >= 0.3 is 0 Å². The van der Waals surface area contributed by atoms with Gasteiger partial charge in [0, 0.05) is 23.7 Å². The van der Waals surface area contributed by atoms with Crippen LogP contribution in [0.5, 0.6) is 0 Å². The number of nitrogens with one attached hydrogen (secondary N) is 1. The number of nitrogens with zero attached hydrogens (tertiary/aromatic N) is 2. The third-order valence-corrected chi connectivity index (χ3v) is 4.04. The van der Waals surface area contributed by atoms with Crippen molar-refractivity contribution in [1.29, 1.82) is 0 Å². The van der Waals surface area contributed by atoms with Gasteiger partial charge in [-0.1, -0.05) is 6.42 Å². The number of carbonyl (C=O) groups is 1. The topological polar surface area (TPSA) is 46.4 Å². The Morgan fingerprint density at radius 1 is 1.62 bits per heavy atom. The number of carbonyl (C=O) groups excluding carboxylic acids is 1. The molecule has 2 aromatic rings. The molecule has 0 aromatic carbocycles. The molecule has 16 heavy (non-hydrogen) atoms. The van der Waals surface area contributed by atoms with Gasteiger partial charge in [0.05, 0.1) is 12.2 Å². The van der Waals surface area contributed by atoms with Crippen molar-refractivity contribution in [3.63, 3.8) is 0 Å². The van der Waals surface area contributed by atoms with Crippen molar-refractivity contribution in [3.05, 3.63) is 23.5 Å². The molecular weight excluding hydrogens is 222 g/mol. The minimum Gasteiger partial charge on any atom is -0.350 e. The molecule has 0 unspecified atom stereocenters. The molecule has 1 amide bonds. The third kappa shape index (κ3) is 1.61. The molecule has 1 aliphatic carbocycles. The summed E-state index contributed by atoms with van der Waals surface area (Å²) < 4.78 is 2.02. The van der Waals surface area contributed by atoms with Crippen LogP contribution >= 0.6 is 11.3 Å². The van der Waals surface area contributed by atoms with Crippen molar-refractivity contribution in [2.24, 2.45) is 5.92 Å². The average Bonchev–Trinajstić information content (AvgIpc) is 2.73. The summed E-state index contributed by atoms with van der Waals surface area (Å²) in [5, 5.41) is 5.03. The number of hydrogen-bond donors (Lipinski definition) is 1. The predicted molar refractivity (Wildman–Crippen MR) is 62.3 cm³/mol. The first-order chi connectivity index (χ1) is 7.84. The number of aromatic nitrogens is 2. The molecular formula is C11H13N3OS. The van der Waals surface area contributed by atoms with Gasteiger partial charge in [-0.3, -0.25) is 9.20 Å². The lowest BCUT2D eigenvalue weighted by molar-refractivity contribution is -0.127. The Morgan fingerprint density at radius 2 is 2.50 bits per heavy atom. The molecule has 1 saturated carbocycles. The summed E-state index contributed by atoms with van der Waals surface area (Å²) in [6.45, 7) is 0.603. The Hall–Kier alpha value is -1.36. The van der Waals surface area contributed by atoms with Gasteiger partial charge in [0.2, 0.25) is 5.91 Å². The smallest absolute Gasteiger partial charge is 0.223 e. The Bertz CT molecular complexity index is 512. The van der Waals surface area contributed by atoms with E-state index in [1.807, 2.05) is 16.0 Å². The van der Waals surface area contributed by atoms with E-state index in [0.29, 0.717) is 6.54 Å². The Kier molecular flexibility index (Phi) is 2.40. The normalized spacial score (nSPS) is 16.2. The average molecular weight is 235 g/mol. The SMILES string of the molecule is O=C(NCc1csc2nccn12)C1CCC1. The van der Waals surface area contributed by atoms with Gasteiger partial charge in [-0.2, -0.15) is 0 Å². The van der Waals surface area contributed by atoms with Crippen LogP contribution in [0.3, 0.4) is 0 Å². The summed E-state index contributed by atoms with van der Waals surface area (Å²) in [4.78, 5) is 16.8. The number of imidazole rings is 1. The summed E-state index contributed by atoms with van der Waals surface area (Å²) in [7, 11) is 0. The molecule has 0 bridgehead atoms. The predicted octanol–water partition coefficient (Wildman–Crippen LogP) is 1.81. The largest absolute Gasteiger partial charge is 0.350 e. The molecule has 5 heteroatoms. The van der Waals surface area contributed by atoms with E-state index >= 15 is 0 Å². The summed E-state index contributed by atoms with van der Waals surface area (Å²) in [5.41, 5.74) is 1.10. The molecule has 3 rings (SSSR count). The highest BCUT2D eigenvalue weighted by Gasteiger charge is 2.24. The zero-order valence-corrected chi connectivity index (χ0v) is 9.67. The molecule has 2 heterocycles. The van der Waals surface area contributed by atoms with Crippen molar-refractivity contribution >= 4 is 22.2 Å². The summed E-state index contributed by atoms with van der Waals surface area (Å²) in [5.74, 6) is 0.461. The van der Waals surface area contributed by atoms with E-state index in [9.17, 15) is 4.79 Å². The van der Waals surface area contributed by atoms with Crippen LogP contribution in [0.25, 0.3) is 4.96 Å². The van der Waals surface area contributed by atoms with Gasteiger partial charge in [-0.25, -0.2) is 4.98 Å². The minimum absolute atomic E-state index is 0.200. The number of amides is 1. The highest BCUT2D eigenvalue weighted by atomic mass is 32.1. The number of thiazole rings is 1. The van der Waals surface area contributed by atoms with E-state index in [0.717, 1.165) is 23.5 Å². The van der Waals surface area contributed by atoms with E-state index in [4.69, 9.17) is 0 Å². The van der Waals surface area contributed by atoms with Crippen LogP contribution in [-0.2, 0) is 11.3 Å². The molecule has 0 spiro atoms. The molecule has 0 aliphatic heterocycles. The van der Waals surface area contributed by atoms with Crippen molar-refractivity contribution in [2.45, 2.75) is 25.8 Å². The first kappa shape index (κ1) is 9.84. The van der Waals surface area contributed by atoms with Crippen LogP contribution in [0.1, 0.15) is 25.0 Å². The molecule has 1 fully saturated rings. The van der Waals surface area contributed by atoms with Crippen LogP contribution < -0.4 is 5.32 Å². The van der Waals surface area contributed by atoms with Crippen molar-refractivity contribution in [3.8, 4) is 0 Å². The zero-order valence-electron chi connectivity index (χ0n) is 8.85. The van der Waals surface area contributed by atoms with Crippen LogP contribution in [0.15, 0.2) is 17.8 Å². The summed E-state index contributed by atoms with van der Waals surface area (Å²) in [6.07, 6.45) is 7.01. The molecule has 0 saturated heterocycles. The molecule has 4 nitrogen and oxygen atoms in total. The van der Waals surface area contributed by atoms with Gasteiger partial charge in [0.25, 0.3) is 0 Å². The lowest BCUT2D eigenvalue weighted by Gasteiger charge is -2.23. The van der Waals surface area contributed by atoms with Gasteiger partial charge in [-0.15, -0.1) is 11.3 Å². The summed E-state index contributed by atoms with van der Waals surface area (Å²) >= 11 is 1.60. The number of rotatable bonds is 3. The highest BCUT2D eigenvalue weighted by molar-refractivity contribution is 7.15. The maximum atomic E-state index is 11.7. The zero-order chi connectivity index (χ0) is 11.0.